The van der Waals surface area contributed by atoms with E-state index in [2.05, 4.69) is 15.4 Å². The zero-order chi connectivity index (χ0) is 11.5. The third-order valence-electron chi connectivity index (χ3n) is 1.40. The number of nitrogens with one attached hydrogen (secondary N) is 1. The van der Waals surface area contributed by atoms with Gasteiger partial charge in [0.1, 0.15) is 10.8 Å². The molecule has 0 saturated carbocycles. The van der Waals surface area contributed by atoms with E-state index in [9.17, 15) is 13.2 Å². The molecule has 0 aliphatic carbocycles. The van der Waals surface area contributed by atoms with Gasteiger partial charge in [-0.15, -0.1) is 11.8 Å². The molecule has 0 bridgehead atoms. The van der Waals surface area contributed by atoms with Gasteiger partial charge in [0.2, 0.25) is 5.82 Å². The second-order valence-corrected chi connectivity index (χ2v) is 3.77. The number of thioether (sulfide) groups is 1. The fourth-order valence-corrected chi connectivity index (χ4v) is 1.49. The van der Waals surface area contributed by atoms with Crippen LogP contribution in [0.3, 0.4) is 0 Å². The van der Waals surface area contributed by atoms with Crippen molar-refractivity contribution in [3.63, 3.8) is 0 Å². The van der Waals surface area contributed by atoms with Crippen LogP contribution in [0.4, 0.5) is 19.0 Å². The predicted molar refractivity (Wildman–Crippen MR) is 51.2 cm³/mol. The van der Waals surface area contributed by atoms with Crippen molar-refractivity contribution in [1.82, 2.24) is 9.97 Å². The number of rotatable bonds is 3. The Bertz CT molecular complexity index is 341. The van der Waals surface area contributed by atoms with Crippen molar-refractivity contribution < 1.29 is 13.2 Å². The van der Waals surface area contributed by atoms with Gasteiger partial charge in [-0.1, -0.05) is 6.92 Å². The molecular weight excluding hydrogens is 229 g/mol. The fourth-order valence-electron chi connectivity index (χ4n) is 0.848. The van der Waals surface area contributed by atoms with Crippen molar-refractivity contribution in [2.24, 2.45) is 5.84 Å². The van der Waals surface area contributed by atoms with Gasteiger partial charge in [0.15, 0.2) is 0 Å². The highest BCUT2D eigenvalue weighted by Gasteiger charge is 2.35. The summed E-state index contributed by atoms with van der Waals surface area (Å²) in [6, 6.07) is 1.36. The van der Waals surface area contributed by atoms with E-state index in [0.717, 1.165) is 0 Å². The van der Waals surface area contributed by atoms with E-state index in [1.807, 2.05) is 6.92 Å². The summed E-state index contributed by atoms with van der Waals surface area (Å²) in [6.07, 6.45) is -4.56. The van der Waals surface area contributed by atoms with Crippen LogP contribution in [0.25, 0.3) is 0 Å². The number of aromatic nitrogens is 2. The molecule has 0 radical (unpaired) electrons. The number of hydrogen-bond acceptors (Lipinski definition) is 5. The lowest BCUT2D eigenvalue weighted by molar-refractivity contribution is -0.145. The lowest BCUT2D eigenvalue weighted by Gasteiger charge is -2.08. The van der Waals surface area contributed by atoms with E-state index in [0.29, 0.717) is 5.75 Å². The van der Waals surface area contributed by atoms with Gasteiger partial charge in [0.25, 0.3) is 0 Å². The van der Waals surface area contributed by atoms with Crippen LogP contribution in [-0.2, 0) is 6.18 Å². The molecule has 1 aromatic heterocycles. The summed E-state index contributed by atoms with van der Waals surface area (Å²) in [6.45, 7) is 1.82. The van der Waals surface area contributed by atoms with Crippen molar-refractivity contribution in [3.05, 3.63) is 11.9 Å². The smallest absolute Gasteiger partial charge is 0.308 e. The molecule has 15 heavy (non-hydrogen) atoms. The van der Waals surface area contributed by atoms with Crippen LogP contribution < -0.4 is 11.3 Å². The van der Waals surface area contributed by atoms with E-state index in [4.69, 9.17) is 5.84 Å². The molecule has 1 rings (SSSR count). The lowest BCUT2D eigenvalue weighted by Crippen LogP contribution is -2.16. The number of alkyl halides is 3. The van der Waals surface area contributed by atoms with Gasteiger partial charge in [-0.3, -0.25) is 0 Å². The van der Waals surface area contributed by atoms with Gasteiger partial charge in [0, 0.05) is 6.07 Å². The number of nitrogens with two attached hydrogens (primary N) is 1. The van der Waals surface area contributed by atoms with Crippen LogP contribution in [0.15, 0.2) is 11.1 Å². The number of nitrogen functional groups attached to an aromatic ring is 1. The molecule has 0 fully saturated rings. The quantitative estimate of drug-likeness (QED) is 0.364. The van der Waals surface area contributed by atoms with Crippen molar-refractivity contribution in [1.29, 1.82) is 0 Å². The summed E-state index contributed by atoms with van der Waals surface area (Å²) < 4.78 is 37.0. The summed E-state index contributed by atoms with van der Waals surface area (Å²) in [5.41, 5.74) is 2.07. The Labute approximate surface area is 88.4 Å². The highest BCUT2D eigenvalue weighted by molar-refractivity contribution is 7.99. The molecule has 1 heterocycles. The van der Waals surface area contributed by atoms with Gasteiger partial charge in [-0.05, 0) is 5.75 Å². The van der Waals surface area contributed by atoms with Crippen molar-refractivity contribution in [2.45, 2.75) is 18.1 Å². The third-order valence-corrected chi connectivity index (χ3v) is 2.19. The Morgan fingerprint density at radius 3 is 2.60 bits per heavy atom. The SMILES string of the molecule is CCSc1cc(NN)nc(C(F)(F)F)n1. The average molecular weight is 238 g/mol. The van der Waals surface area contributed by atoms with E-state index in [-0.39, 0.29) is 10.8 Å². The molecule has 3 N–H and O–H groups in total. The molecule has 0 saturated heterocycles. The number of hydrazine groups is 1. The largest absolute Gasteiger partial charge is 0.451 e. The molecule has 8 heteroatoms. The van der Waals surface area contributed by atoms with Crippen LogP contribution >= 0.6 is 11.8 Å². The Morgan fingerprint density at radius 1 is 1.47 bits per heavy atom. The zero-order valence-electron chi connectivity index (χ0n) is 7.80. The number of hydrogen-bond donors (Lipinski definition) is 2. The molecule has 84 valence electrons. The highest BCUT2D eigenvalue weighted by Crippen LogP contribution is 2.29. The fraction of sp³-hybridized carbons (Fsp3) is 0.429. The van der Waals surface area contributed by atoms with Crippen molar-refractivity contribution in [3.8, 4) is 0 Å². The molecular formula is C7H9F3N4S. The van der Waals surface area contributed by atoms with E-state index < -0.39 is 12.0 Å². The highest BCUT2D eigenvalue weighted by atomic mass is 32.2. The minimum Gasteiger partial charge on any atom is -0.308 e. The minimum atomic E-state index is -4.56. The first-order valence-electron chi connectivity index (χ1n) is 4.03. The second-order valence-electron chi connectivity index (χ2n) is 2.49. The molecule has 0 atom stereocenters. The summed E-state index contributed by atoms with van der Waals surface area (Å²) >= 11 is 1.19. The molecule has 0 unspecified atom stereocenters. The minimum absolute atomic E-state index is 0.0479. The maximum Gasteiger partial charge on any atom is 0.451 e. The van der Waals surface area contributed by atoms with E-state index >= 15 is 0 Å². The Kier molecular flexibility index (Phi) is 3.75. The molecule has 0 aliphatic rings. The van der Waals surface area contributed by atoms with Gasteiger partial charge < -0.3 is 5.43 Å². The Hall–Kier alpha value is -1.02. The number of nitrogens with zero attached hydrogens (tertiary/aromatic N) is 2. The molecule has 0 spiro atoms. The Balaban J connectivity index is 3.11. The zero-order valence-corrected chi connectivity index (χ0v) is 8.61. The van der Waals surface area contributed by atoms with E-state index in [1.54, 1.807) is 0 Å². The normalized spacial score (nSPS) is 11.5. The average Bonchev–Trinajstić information content (AvgIpc) is 2.16. The van der Waals surface area contributed by atoms with E-state index in [1.165, 1.54) is 17.8 Å². The summed E-state index contributed by atoms with van der Waals surface area (Å²) in [5, 5.41) is 0.243. The van der Waals surface area contributed by atoms with Gasteiger partial charge >= 0.3 is 6.18 Å². The maximum absolute atomic E-state index is 12.3. The molecule has 0 amide bonds. The summed E-state index contributed by atoms with van der Waals surface area (Å²) in [5.74, 6) is 4.40. The number of halogens is 3. The second kappa shape index (κ2) is 4.67. The first-order valence-corrected chi connectivity index (χ1v) is 5.01. The topological polar surface area (TPSA) is 63.8 Å². The van der Waals surface area contributed by atoms with Gasteiger partial charge in [-0.2, -0.15) is 13.2 Å². The van der Waals surface area contributed by atoms with Gasteiger partial charge in [-0.25, -0.2) is 15.8 Å². The summed E-state index contributed by atoms with van der Waals surface area (Å²) in [4.78, 5) is 6.59. The maximum atomic E-state index is 12.3. The van der Waals surface area contributed by atoms with Crippen LogP contribution in [0.2, 0.25) is 0 Å². The van der Waals surface area contributed by atoms with Crippen molar-refractivity contribution >= 4 is 17.6 Å². The van der Waals surface area contributed by atoms with Crippen LogP contribution in [0.5, 0.6) is 0 Å². The number of anilines is 1. The molecule has 1 aromatic rings. The van der Waals surface area contributed by atoms with Crippen LogP contribution in [-0.4, -0.2) is 15.7 Å². The first-order chi connectivity index (χ1) is 6.97. The standard InChI is InChI=1S/C7H9F3N4S/c1-2-15-5-3-4(14-11)12-6(13-5)7(8,9)10/h3H,2,11H2,1H3,(H,12,13,14). The molecule has 0 aliphatic heterocycles. The predicted octanol–water partition coefficient (Wildman–Crippen LogP) is 1.89. The van der Waals surface area contributed by atoms with Crippen LogP contribution in [0, 0.1) is 0 Å². The third kappa shape index (κ3) is 3.24. The van der Waals surface area contributed by atoms with Crippen molar-refractivity contribution in [2.75, 3.05) is 11.2 Å². The summed E-state index contributed by atoms with van der Waals surface area (Å²) in [7, 11) is 0. The Morgan fingerprint density at radius 2 is 2.13 bits per heavy atom. The first kappa shape index (κ1) is 12.1. The molecule has 4 nitrogen and oxygen atoms in total. The lowest BCUT2D eigenvalue weighted by atomic mass is 10.5. The monoisotopic (exact) mass is 238 g/mol. The van der Waals surface area contributed by atoms with Crippen LogP contribution in [0.1, 0.15) is 12.7 Å². The van der Waals surface area contributed by atoms with Gasteiger partial charge in [0.05, 0.1) is 0 Å². The molecule has 0 aromatic carbocycles.